The van der Waals surface area contributed by atoms with Crippen molar-refractivity contribution in [1.29, 1.82) is 0 Å². The molecule has 19 heavy (non-hydrogen) atoms. The lowest BCUT2D eigenvalue weighted by Crippen LogP contribution is -2.47. The maximum Gasteiger partial charge on any atom is 0.320 e. The first-order valence-electron chi connectivity index (χ1n) is 6.13. The van der Waals surface area contributed by atoms with Crippen molar-refractivity contribution in [1.82, 2.24) is 14.7 Å². The van der Waals surface area contributed by atoms with Gasteiger partial charge in [0, 0.05) is 34.2 Å². The maximum absolute atomic E-state index is 12.1. The van der Waals surface area contributed by atoms with Crippen molar-refractivity contribution in [2.45, 2.75) is 13.8 Å². The summed E-state index contributed by atoms with van der Waals surface area (Å²) in [6, 6.07) is -0.342. The molecule has 0 bridgehead atoms. The smallest absolute Gasteiger partial charge is 0.320 e. The second kappa shape index (κ2) is 7.60. The summed E-state index contributed by atoms with van der Waals surface area (Å²) in [6.07, 6.45) is 0. The molecule has 1 unspecified atom stereocenters. The molecule has 0 heterocycles. The number of carboxylic acids is 1. The number of rotatable bonds is 6. The monoisotopic (exact) mass is 273 g/mol. The Balaban J connectivity index is 4.57. The molecule has 0 rings (SSSR count). The number of carbonyl (C=O) groups excluding carboxylic acids is 2. The van der Waals surface area contributed by atoms with Gasteiger partial charge < -0.3 is 19.8 Å². The molecule has 3 amide bonds. The van der Waals surface area contributed by atoms with Crippen LogP contribution in [0.1, 0.15) is 13.8 Å². The van der Waals surface area contributed by atoms with E-state index < -0.39 is 11.9 Å². The van der Waals surface area contributed by atoms with Crippen LogP contribution in [0.2, 0.25) is 0 Å². The summed E-state index contributed by atoms with van der Waals surface area (Å²) in [6.45, 7) is 3.81. The molecule has 0 radical (unpaired) electrons. The molecule has 0 aliphatic heterocycles. The summed E-state index contributed by atoms with van der Waals surface area (Å²) in [5.41, 5.74) is 0. The predicted octanol–water partition coefficient (Wildman–Crippen LogP) is 0.169. The highest BCUT2D eigenvalue weighted by Gasteiger charge is 2.23. The van der Waals surface area contributed by atoms with Crippen molar-refractivity contribution in [2.24, 2.45) is 5.92 Å². The highest BCUT2D eigenvalue weighted by Crippen LogP contribution is 2.03. The molecule has 0 aromatic carbocycles. The van der Waals surface area contributed by atoms with E-state index in [4.69, 9.17) is 5.11 Å². The summed E-state index contributed by atoms with van der Waals surface area (Å²) >= 11 is 0. The fourth-order valence-electron chi connectivity index (χ4n) is 1.43. The first-order chi connectivity index (χ1) is 8.70. The fourth-order valence-corrected chi connectivity index (χ4v) is 1.43. The van der Waals surface area contributed by atoms with E-state index in [2.05, 4.69) is 0 Å². The molecule has 0 aliphatic carbocycles. The number of hydrogen-bond donors (Lipinski definition) is 1. The van der Waals surface area contributed by atoms with Crippen LogP contribution in [0.25, 0.3) is 0 Å². The highest BCUT2D eigenvalue weighted by molar-refractivity contribution is 5.84. The number of nitrogens with zero attached hydrogens (tertiary/aromatic N) is 3. The largest absolute Gasteiger partial charge is 0.481 e. The van der Waals surface area contributed by atoms with Gasteiger partial charge in [0.1, 0.15) is 6.54 Å². The van der Waals surface area contributed by atoms with Crippen molar-refractivity contribution >= 4 is 17.9 Å². The third-order valence-electron chi connectivity index (χ3n) is 2.77. The Morgan fingerprint density at radius 1 is 1.16 bits per heavy atom. The van der Waals surface area contributed by atoms with Gasteiger partial charge >= 0.3 is 12.0 Å². The molecular formula is C12H23N3O4. The van der Waals surface area contributed by atoms with Gasteiger partial charge in [-0.05, 0) is 6.92 Å². The molecule has 0 saturated heterocycles. The lowest BCUT2D eigenvalue weighted by molar-refractivity contribution is -0.141. The Bertz CT molecular complexity index is 344. The fraction of sp³-hybridized carbons (Fsp3) is 0.750. The minimum absolute atomic E-state index is 0.00583. The Morgan fingerprint density at radius 3 is 2.05 bits per heavy atom. The minimum atomic E-state index is -0.952. The number of aliphatic carboxylic acids is 1. The zero-order valence-electron chi connectivity index (χ0n) is 12.2. The molecule has 1 N–H and O–H groups in total. The summed E-state index contributed by atoms with van der Waals surface area (Å²) < 4.78 is 0. The summed E-state index contributed by atoms with van der Waals surface area (Å²) in [5, 5.41) is 8.81. The van der Waals surface area contributed by atoms with Gasteiger partial charge in [-0.25, -0.2) is 4.79 Å². The Labute approximate surface area is 113 Å². The SMILES string of the molecule is CCN(CC(=O)N(C)C)C(=O)N(C)CC(C)C(=O)O. The van der Waals surface area contributed by atoms with Crippen LogP contribution < -0.4 is 0 Å². The zero-order valence-corrected chi connectivity index (χ0v) is 12.2. The number of likely N-dealkylation sites (N-methyl/N-ethyl adjacent to an activating group) is 2. The van der Waals surface area contributed by atoms with Crippen molar-refractivity contribution in [2.75, 3.05) is 40.8 Å². The molecule has 110 valence electrons. The van der Waals surface area contributed by atoms with Crippen LogP contribution in [0.5, 0.6) is 0 Å². The van der Waals surface area contributed by atoms with Gasteiger partial charge in [0.15, 0.2) is 0 Å². The van der Waals surface area contributed by atoms with Gasteiger partial charge in [0.25, 0.3) is 0 Å². The van der Waals surface area contributed by atoms with Crippen molar-refractivity contribution in [3.05, 3.63) is 0 Å². The lowest BCUT2D eigenvalue weighted by Gasteiger charge is -2.28. The average Bonchev–Trinajstić information content (AvgIpc) is 2.34. The Morgan fingerprint density at radius 2 is 1.68 bits per heavy atom. The highest BCUT2D eigenvalue weighted by atomic mass is 16.4. The Hall–Kier alpha value is -1.79. The quantitative estimate of drug-likeness (QED) is 0.748. The van der Waals surface area contributed by atoms with Gasteiger partial charge in [-0.3, -0.25) is 9.59 Å². The summed E-state index contributed by atoms with van der Waals surface area (Å²) in [4.78, 5) is 38.5. The second-order valence-electron chi connectivity index (χ2n) is 4.70. The van der Waals surface area contributed by atoms with E-state index in [1.807, 2.05) is 0 Å². The molecule has 0 aromatic heterocycles. The van der Waals surface area contributed by atoms with Crippen LogP contribution in [0.4, 0.5) is 4.79 Å². The standard InChI is InChI=1S/C12H23N3O4/c1-6-15(8-10(16)13(3)4)12(19)14(5)7-9(2)11(17)18/h9H,6-8H2,1-5H3,(H,17,18). The topological polar surface area (TPSA) is 81.2 Å². The van der Waals surface area contributed by atoms with Gasteiger partial charge in [0.05, 0.1) is 5.92 Å². The van der Waals surface area contributed by atoms with Crippen LogP contribution in [-0.2, 0) is 9.59 Å². The van der Waals surface area contributed by atoms with E-state index in [-0.39, 0.29) is 25.0 Å². The third-order valence-corrected chi connectivity index (χ3v) is 2.77. The summed E-state index contributed by atoms with van der Waals surface area (Å²) in [5.74, 6) is -1.76. The number of hydrogen-bond acceptors (Lipinski definition) is 3. The van der Waals surface area contributed by atoms with E-state index in [9.17, 15) is 14.4 Å². The second-order valence-corrected chi connectivity index (χ2v) is 4.70. The average molecular weight is 273 g/mol. The number of urea groups is 1. The molecule has 0 spiro atoms. The molecule has 1 atom stereocenters. The predicted molar refractivity (Wildman–Crippen MR) is 70.8 cm³/mol. The first kappa shape index (κ1) is 17.2. The maximum atomic E-state index is 12.1. The van der Waals surface area contributed by atoms with Gasteiger partial charge in [-0.15, -0.1) is 0 Å². The minimum Gasteiger partial charge on any atom is -0.481 e. The van der Waals surface area contributed by atoms with Crippen LogP contribution in [0, 0.1) is 5.92 Å². The molecule has 0 fully saturated rings. The molecule has 0 aromatic rings. The molecular weight excluding hydrogens is 250 g/mol. The van der Waals surface area contributed by atoms with Gasteiger partial charge in [0.2, 0.25) is 5.91 Å². The summed E-state index contributed by atoms with van der Waals surface area (Å²) in [7, 11) is 4.78. The van der Waals surface area contributed by atoms with Gasteiger partial charge in [-0.1, -0.05) is 6.92 Å². The van der Waals surface area contributed by atoms with Crippen LogP contribution in [-0.4, -0.2) is 78.5 Å². The van der Waals surface area contributed by atoms with Crippen molar-refractivity contribution < 1.29 is 19.5 Å². The van der Waals surface area contributed by atoms with E-state index in [0.717, 1.165) is 0 Å². The number of carbonyl (C=O) groups is 3. The van der Waals surface area contributed by atoms with E-state index in [0.29, 0.717) is 6.54 Å². The van der Waals surface area contributed by atoms with E-state index >= 15 is 0 Å². The molecule has 7 nitrogen and oxygen atoms in total. The molecule has 7 heteroatoms. The third kappa shape index (κ3) is 5.58. The first-order valence-corrected chi connectivity index (χ1v) is 6.13. The normalized spacial score (nSPS) is 11.6. The number of amides is 3. The molecule has 0 saturated carbocycles. The van der Waals surface area contributed by atoms with Crippen LogP contribution in [0.15, 0.2) is 0 Å². The van der Waals surface area contributed by atoms with E-state index in [1.165, 1.54) is 28.7 Å². The van der Waals surface area contributed by atoms with Crippen LogP contribution in [0.3, 0.4) is 0 Å². The van der Waals surface area contributed by atoms with Gasteiger partial charge in [-0.2, -0.15) is 0 Å². The van der Waals surface area contributed by atoms with E-state index in [1.54, 1.807) is 21.0 Å². The lowest BCUT2D eigenvalue weighted by atomic mass is 10.2. The molecule has 0 aliphatic rings. The number of carboxylic acid groups (broad SMARTS) is 1. The zero-order chi connectivity index (χ0) is 15.2. The van der Waals surface area contributed by atoms with Crippen molar-refractivity contribution in [3.63, 3.8) is 0 Å². The van der Waals surface area contributed by atoms with Crippen LogP contribution >= 0.6 is 0 Å². The van der Waals surface area contributed by atoms with Crippen molar-refractivity contribution in [3.8, 4) is 0 Å². The Kier molecular flexibility index (Phi) is 6.89.